The normalized spacial score (nSPS) is 19.8. The van der Waals surface area contributed by atoms with E-state index in [2.05, 4.69) is 15.3 Å². The van der Waals surface area contributed by atoms with Crippen molar-refractivity contribution in [1.82, 2.24) is 15.3 Å². The van der Waals surface area contributed by atoms with E-state index in [1.165, 1.54) is 12.8 Å². The molecule has 1 N–H and O–H groups in total. The molecule has 1 atom stereocenters. The van der Waals surface area contributed by atoms with Crippen LogP contribution in [-0.4, -0.2) is 36.8 Å². The first kappa shape index (κ1) is 11.1. The van der Waals surface area contributed by atoms with Crippen LogP contribution in [0.5, 0.6) is 11.9 Å². The van der Waals surface area contributed by atoms with Crippen LogP contribution in [0, 0.1) is 0 Å². The summed E-state index contributed by atoms with van der Waals surface area (Å²) in [5.74, 6) is 0.555. The number of nitrogens with zero attached hydrogens (tertiary/aromatic N) is 2. The average Bonchev–Trinajstić information content (AvgIpc) is 2.81. The molecule has 0 aromatic carbocycles. The average molecular weight is 223 g/mol. The second-order valence-corrected chi connectivity index (χ2v) is 3.89. The van der Waals surface area contributed by atoms with E-state index in [-0.39, 0.29) is 0 Å². The lowest BCUT2D eigenvalue weighted by molar-refractivity contribution is 0.349. The van der Waals surface area contributed by atoms with Gasteiger partial charge in [-0.25, -0.2) is 0 Å². The van der Waals surface area contributed by atoms with Crippen molar-refractivity contribution < 1.29 is 9.47 Å². The Bertz CT molecular complexity index is 329. The fourth-order valence-electron chi connectivity index (χ4n) is 1.93. The van der Waals surface area contributed by atoms with Crippen LogP contribution < -0.4 is 14.8 Å². The first-order valence-electron chi connectivity index (χ1n) is 5.51. The quantitative estimate of drug-likeness (QED) is 0.817. The van der Waals surface area contributed by atoms with Gasteiger partial charge in [0.15, 0.2) is 0 Å². The molecule has 1 fully saturated rings. The van der Waals surface area contributed by atoms with E-state index in [1.54, 1.807) is 14.2 Å². The Morgan fingerprint density at radius 2 is 2.25 bits per heavy atom. The second kappa shape index (κ2) is 5.12. The molecule has 1 aromatic heterocycles. The number of aromatic nitrogens is 2. The molecule has 0 amide bonds. The molecule has 5 heteroatoms. The van der Waals surface area contributed by atoms with Gasteiger partial charge in [-0.05, 0) is 19.4 Å². The molecule has 0 bridgehead atoms. The Morgan fingerprint density at radius 3 is 2.88 bits per heavy atom. The topological polar surface area (TPSA) is 56.3 Å². The lowest BCUT2D eigenvalue weighted by Gasteiger charge is -2.10. The lowest BCUT2D eigenvalue weighted by atomic mass is 10.1. The highest BCUT2D eigenvalue weighted by atomic mass is 16.5. The first-order valence-corrected chi connectivity index (χ1v) is 5.51. The highest BCUT2D eigenvalue weighted by molar-refractivity contribution is 5.19. The summed E-state index contributed by atoms with van der Waals surface area (Å²) in [6.07, 6.45) is 3.34. The van der Waals surface area contributed by atoms with Gasteiger partial charge < -0.3 is 14.8 Å². The number of rotatable bonds is 4. The van der Waals surface area contributed by atoms with Gasteiger partial charge in [0.05, 0.1) is 19.9 Å². The maximum absolute atomic E-state index is 5.11. The summed E-state index contributed by atoms with van der Waals surface area (Å²) in [5.41, 5.74) is 0.961. The van der Waals surface area contributed by atoms with Gasteiger partial charge in [0.25, 0.3) is 0 Å². The molecule has 88 valence electrons. The largest absolute Gasteiger partial charge is 0.481 e. The van der Waals surface area contributed by atoms with Crippen LogP contribution >= 0.6 is 0 Å². The molecule has 16 heavy (non-hydrogen) atoms. The van der Waals surface area contributed by atoms with Crippen molar-refractivity contribution in [3.63, 3.8) is 0 Å². The summed E-state index contributed by atoms with van der Waals surface area (Å²) in [6.45, 7) is 1.10. The summed E-state index contributed by atoms with van der Waals surface area (Å²) in [4.78, 5) is 8.38. The smallest absolute Gasteiger partial charge is 0.319 e. The third-order valence-electron chi connectivity index (χ3n) is 2.74. The summed E-state index contributed by atoms with van der Waals surface area (Å²) < 4.78 is 10.1. The Balaban J connectivity index is 2.12. The third-order valence-corrected chi connectivity index (χ3v) is 2.74. The summed E-state index contributed by atoms with van der Waals surface area (Å²) in [7, 11) is 3.16. The van der Waals surface area contributed by atoms with E-state index in [4.69, 9.17) is 9.47 Å². The summed E-state index contributed by atoms with van der Waals surface area (Å²) in [6, 6.07) is 2.75. The van der Waals surface area contributed by atoms with Crippen molar-refractivity contribution in [2.24, 2.45) is 0 Å². The van der Waals surface area contributed by atoms with Crippen molar-refractivity contribution >= 4 is 0 Å². The van der Waals surface area contributed by atoms with E-state index >= 15 is 0 Å². The van der Waals surface area contributed by atoms with E-state index in [9.17, 15) is 0 Å². The predicted octanol–water partition coefficient (Wildman–Crippen LogP) is 0.788. The first-order chi connectivity index (χ1) is 7.81. The maximum atomic E-state index is 5.11. The molecule has 5 nitrogen and oxygen atoms in total. The minimum absolute atomic E-state index is 0.368. The summed E-state index contributed by atoms with van der Waals surface area (Å²) >= 11 is 0. The van der Waals surface area contributed by atoms with E-state index in [0.29, 0.717) is 17.9 Å². The Kier molecular flexibility index (Phi) is 3.56. The Morgan fingerprint density at radius 1 is 1.38 bits per heavy atom. The molecule has 1 unspecified atom stereocenters. The molecular formula is C11H17N3O2. The zero-order valence-electron chi connectivity index (χ0n) is 9.69. The SMILES string of the molecule is COc1cc(CC2CCCN2)nc(OC)n1. The molecule has 2 rings (SSSR count). The fraction of sp³-hybridized carbons (Fsp3) is 0.636. The number of methoxy groups -OCH3 is 2. The number of nitrogens with one attached hydrogen (secondary N) is 1. The van der Waals surface area contributed by atoms with Gasteiger partial charge in [-0.2, -0.15) is 9.97 Å². The van der Waals surface area contributed by atoms with Crippen molar-refractivity contribution in [2.45, 2.75) is 25.3 Å². The zero-order chi connectivity index (χ0) is 11.4. The van der Waals surface area contributed by atoms with Crippen LogP contribution in [0.4, 0.5) is 0 Å². The number of ether oxygens (including phenoxy) is 2. The highest BCUT2D eigenvalue weighted by Gasteiger charge is 2.16. The van der Waals surface area contributed by atoms with Crippen molar-refractivity contribution in [2.75, 3.05) is 20.8 Å². The molecule has 2 heterocycles. The minimum Gasteiger partial charge on any atom is -0.481 e. The highest BCUT2D eigenvalue weighted by Crippen LogP contribution is 2.17. The van der Waals surface area contributed by atoms with Crippen molar-refractivity contribution in [1.29, 1.82) is 0 Å². The fourth-order valence-corrected chi connectivity index (χ4v) is 1.93. The van der Waals surface area contributed by atoms with Gasteiger partial charge in [0, 0.05) is 18.5 Å². The van der Waals surface area contributed by atoms with Gasteiger partial charge in [-0.15, -0.1) is 0 Å². The van der Waals surface area contributed by atoms with Gasteiger partial charge in [0.1, 0.15) is 0 Å². The van der Waals surface area contributed by atoms with E-state index < -0.39 is 0 Å². The van der Waals surface area contributed by atoms with Crippen LogP contribution in [0.15, 0.2) is 6.07 Å². The van der Waals surface area contributed by atoms with Crippen LogP contribution in [0.2, 0.25) is 0 Å². The third kappa shape index (κ3) is 2.61. The molecule has 1 aliphatic heterocycles. The van der Waals surface area contributed by atoms with Crippen LogP contribution in [0.1, 0.15) is 18.5 Å². The Hall–Kier alpha value is -1.36. The monoisotopic (exact) mass is 223 g/mol. The molecule has 1 aromatic rings. The molecule has 0 aliphatic carbocycles. The Labute approximate surface area is 95.2 Å². The van der Waals surface area contributed by atoms with Crippen LogP contribution in [0.3, 0.4) is 0 Å². The number of hydrogen-bond acceptors (Lipinski definition) is 5. The standard InChI is InChI=1S/C11H17N3O2/c1-15-10-7-9(13-11(14-10)16-2)6-8-4-3-5-12-8/h7-8,12H,3-6H2,1-2H3. The number of hydrogen-bond donors (Lipinski definition) is 1. The molecule has 1 saturated heterocycles. The zero-order valence-corrected chi connectivity index (χ0v) is 9.69. The second-order valence-electron chi connectivity index (χ2n) is 3.89. The molecule has 1 aliphatic rings. The predicted molar refractivity (Wildman–Crippen MR) is 59.9 cm³/mol. The van der Waals surface area contributed by atoms with Gasteiger partial charge in [-0.1, -0.05) is 0 Å². The van der Waals surface area contributed by atoms with Gasteiger partial charge >= 0.3 is 6.01 Å². The van der Waals surface area contributed by atoms with Crippen LogP contribution in [0.25, 0.3) is 0 Å². The maximum Gasteiger partial charge on any atom is 0.319 e. The van der Waals surface area contributed by atoms with Gasteiger partial charge in [0.2, 0.25) is 5.88 Å². The molecule has 0 saturated carbocycles. The van der Waals surface area contributed by atoms with E-state index in [0.717, 1.165) is 18.7 Å². The van der Waals surface area contributed by atoms with E-state index in [1.807, 2.05) is 6.07 Å². The van der Waals surface area contributed by atoms with Gasteiger partial charge in [-0.3, -0.25) is 0 Å². The van der Waals surface area contributed by atoms with Crippen LogP contribution in [-0.2, 0) is 6.42 Å². The van der Waals surface area contributed by atoms with Crippen molar-refractivity contribution in [3.8, 4) is 11.9 Å². The molecular weight excluding hydrogens is 206 g/mol. The minimum atomic E-state index is 0.368. The molecule has 0 radical (unpaired) electrons. The van der Waals surface area contributed by atoms with Crippen molar-refractivity contribution in [3.05, 3.63) is 11.8 Å². The molecule has 0 spiro atoms. The summed E-state index contributed by atoms with van der Waals surface area (Å²) in [5, 5.41) is 3.44. The lowest BCUT2D eigenvalue weighted by Crippen LogP contribution is -2.24.